The number of amides is 1. The maximum atomic E-state index is 14.9. The van der Waals surface area contributed by atoms with Gasteiger partial charge in [-0.2, -0.15) is 0 Å². The molecule has 2 aromatic carbocycles. The molecule has 0 saturated carbocycles. The summed E-state index contributed by atoms with van der Waals surface area (Å²) < 4.78 is 32.1. The number of methoxy groups -OCH3 is 1. The van der Waals surface area contributed by atoms with E-state index in [0.29, 0.717) is 33.9 Å². The summed E-state index contributed by atoms with van der Waals surface area (Å²) in [5.41, 5.74) is 3.61. The van der Waals surface area contributed by atoms with E-state index in [-0.39, 0.29) is 12.4 Å². The van der Waals surface area contributed by atoms with Crippen LogP contribution in [0, 0.1) is 12.7 Å². The van der Waals surface area contributed by atoms with Crippen LogP contribution in [0.1, 0.15) is 18.1 Å². The smallest absolute Gasteiger partial charge is 0.407 e. The fraction of sp³-hybridized carbons (Fsp3) is 0.304. The Kier molecular flexibility index (Phi) is 5.04. The quantitative estimate of drug-likeness (QED) is 0.474. The number of carbonyl (C=O) groups is 1. The lowest BCUT2D eigenvalue weighted by Gasteiger charge is -2.23. The standard InChI is InChI=1S/C23H21FN4O4S/c1-11-5-12(18-15(6-11)27-17(30-4)9-26-18)21-28-16-7-14(24)19-13(20(16)33-21)8-23(2,32-19)10-31-22(29)25-3/h5-7,9H,8,10H2,1-4H3,(H,25,29)/t23-/m0/s1. The van der Waals surface area contributed by atoms with Gasteiger partial charge >= 0.3 is 6.09 Å². The molecule has 1 amide bonds. The van der Waals surface area contributed by atoms with Gasteiger partial charge in [-0.1, -0.05) is 0 Å². The average Bonchev–Trinajstić information content (AvgIpc) is 3.38. The van der Waals surface area contributed by atoms with E-state index in [1.807, 2.05) is 19.1 Å². The lowest BCUT2D eigenvalue weighted by molar-refractivity contribution is 0.0275. The first-order valence-electron chi connectivity index (χ1n) is 10.3. The van der Waals surface area contributed by atoms with Crippen LogP contribution in [-0.4, -0.2) is 47.4 Å². The number of aromatic nitrogens is 3. The SMILES string of the molecule is CNC(=O)OC[C@]1(C)Cc2c(c(F)cc3nc(-c4cc(C)cc5nc(OC)cnc45)sc23)O1. The number of nitrogens with zero attached hydrogens (tertiary/aromatic N) is 3. The van der Waals surface area contributed by atoms with E-state index < -0.39 is 17.5 Å². The second-order valence-electron chi connectivity index (χ2n) is 8.18. The average molecular weight is 469 g/mol. The maximum Gasteiger partial charge on any atom is 0.407 e. The molecule has 8 nitrogen and oxygen atoms in total. The van der Waals surface area contributed by atoms with Crippen LogP contribution in [0.3, 0.4) is 0 Å². The van der Waals surface area contributed by atoms with Crippen LogP contribution in [0.5, 0.6) is 11.6 Å². The van der Waals surface area contributed by atoms with Crippen LogP contribution < -0.4 is 14.8 Å². The minimum Gasteiger partial charge on any atom is -0.480 e. The summed E-state index contributed by atoms with van der Waals surface area (Å²) in [6.45, 7) is 3.76. The fourth-order valence-electron chi connectivity index (χ4n) is 4.00. The molecule has 1 N–H and O–H groups in total. The molecule has 0 spiro atoms. The molecular weight excluding hydrogens is 447 g/mol. The van der Waals surface area contributed by atoms with Crippen molar-refractivity contribution < 1.29 is 23.4 Å². The van der Waals surface area contributed by atoms with Crippen molar-refractivity contribution in [1.82, 2.24) is 20.3 Å². The molecule has 3 heterocycles. The molecule has 33 heavy (non-hydrogen) atoms. The van der Waals surface area contributed by atoms with Crippen molar-refractivity contribution in [2.75, 3.05) is 20.8 Å². The number of carbonyl (C=O) groups excluding carboxylic acids is 1. The largest absolute Gasteiger partial charge is 0.480 e. The minimum absolute atomic E-state index is 0.00606. The summed E-state index contributed by atoms with van der Waals surface area (Å²) in [5, 5.41) is 3.11. The number of halogens is 1. The highest BCUT2D eigenvalue weighted by molar-refractivity contribution is 7.22. The molecule has 0 aliphatic carbocycles. The first-order valence-corrected chi connectivity index (χ1v) is 11.1. The molecule has 0 fully saturated rings. The van der Waals surface area contributed by atoms with Gasteiger partial charge in [0.1, 0.15) is 17.2 Å². The van der Waals surface area contributed by atoms with Crippen molar-refractivity contribution in [3.63, 3.8) is 0 Å². The van der Waals surface area contributed by atoms with E-state index in [1.54, 1.807) is 20.2 Å². The van der Waals surface area contributed by atoms with Gasteiger partial charge in [0.05, 0.1) is 34.6 Å². The summed E-state index contributed by atoms with van der Waals surface area (Å²) in [4.78, 5) is 25.2. The second kappa shape index (κ2) is 7.80. The number of rotatable bonds is 4. The van der Waals surface area contributed by atoms with Crippen LogP contribution in [0.2, 0.25) is 0 Å². The summed E-state index contributed by atoms with van der Waals surface area (Å²) in [6.07, 6.45) is 1.39. The predicted octanol–water partition coefficient (Wildman–Crippen LogP) is 4.41. The Labute approximate surface area is 192 Å². The summed E-state index contributed by atoms with van der Waals surface area (Å²) in [5.74, 6) is 0.120. The van der Waals surface area contributed by atoms with Gasteiger partial charge in [-0.05, 0) is 31.5 Å². The maximum absolute atomic E-state index is 14.9. The number of alkyl carbamates (subject to hydrolysis) is 1. The number of nitrogens with one attached hydrogen (secondary N) is 1. The molecule has 10 heteroatoms. The highest BCUT2D eigenvalue weighted by Gasteiger charge is 2.40. The second-order valence-corrected chi connectivity index (χ2v) is 9.18. The van der Waals surface area contributed by atoms with Crippen molar-refractivity contribution in [2.24, 2.45) is 0 Å². The number of hydrogen-bond acceptors (Lipinski definition) is 8. The van der Waals surface area contributed by atoms with Crippen LogP contribution in [0.15, 0.2) is 24.4 Å². The molecule has 170 valence electrons. The summed E-state index contributed by atoms with van der Waals surface area (Å²) >= 11 is 1.45. The van der Waals surface area contributed by atoms with Crippen molar-refractivity contribution in [3.8, 4) is 22.2 Å². The number of hydrogen-bond donors (Lipinski definition) is 1. The van der Waals surface area contributed by atoms with E-state index in [2.05, 4.69) is 15.3 Å². The van der Waals surface area contributed by atoms with E-state index in [0.717, 1.165) is 21.4 Å². The Morgan fingerprint density at radius 2 is 2.12 bits per heavy atom. The third-order valence-corrected chi connectivity index (χ3v) is 6.67. The summed E-state index contributed by atoms with van der Waals surface area (Å²) in [6, 6.07) is 5.31. The molecule has 0 unspecified atom stereocenters. The van der Waals surface area contributed by atoms with Crippen LogP contribution >= 0.6 is 11.3 Å². The van der Waals surface area contributed by atoms with Crippen molar-refractivity contribution in [3.05, 3.63) is 41.3 Å². The molecule has 1 aliphatic rings. The van der Waals surface area contributed by atoms with Gasteiger partial charge in [0.15, 0.2) is 11.6 Å². The zero-order valence-electron chi connectivity index (χ0n) is 18.5. The Bertz CT molecular complexity index is 1420. The van der Waals surface area contributed by atoms with Crippen molar-refractivity contribution in [1.29, 1.82) is 0 Å². The number of fused-ring (bicyclic) bond motifs is 4. The number of thiazole rings is 1. The molecule has 5 rings (SSSR count). The molecule has 1 atom stereocenters. The lowest BCUT2D eigenvalue weighted by atomic mass is 10.00. The van der Waals surface area contributed by atoms with Crippen LogP contribution in [0.4, 0.5) is 9.18 Å². The zero-order valence-corrected chi connectivity index (χ0v) is 19.3. The highest BCUT2D eigenvalue weighted by Crippen LogP contribution is 2.45. The van der Waals surface area contributed by atoms with E-state index in [9.17, 15) is 9.18 Å². The van der Waals surface area contributed by atoms with E-state index >= 15 is 0 Å². The Morgan fingerprint density at radius 3 is 2.88 bits per heavy atom. The van der Waals surface area contributed by atoms with Gasteiger partial charge in [-0.15, -0.1) is 11.3 Å². The predicted molar refractivity (Wildman–Crippen MR) is 123 cm³/mol. The van der Waals surface area contributed by atoms with Gasteiger partial charge in [0.2, 0.25) is 5.88 Å². The molecule has 0 saturated heterocycles. The van der Waals surface area contributed by atoms with E-state index in [4.69, 9.17) is 19.2 Å². The molecular formula is C23H21FN4O4S. The Hall–Kier alpha value is -3.53. The van der Waals surface area contributed by atoms with E-state index in [1.165, 1.54) is 24.5 Å². The molecule has 1 aliphatic heterocycles. The Morgan fingerprint density at radius 1 is 1.30 bits per heavy atom. The minimum atomic E-state index is -0.869. The van der Waals surface area contributed by atoms with Gasteiger partial charge in [-0.25, -0.2) is 24.1 Å². The van der Waals surface area contributed by atoms with Crippen molar-refractivity contribution >= 4 is 38.7 Å². The van der Waals surface area contributed by atoms with Gasteiger partial charge in [-0.3, -0.25) is 0 Å². The fourth-order valence-corrected chi connectivity index (χ4v) is 5.10. The number of aryl methyl sites for hydroxylation is 1. The normalized spacial score (nSPS) is 17.1. The van der Waals surface area contributed by atoms with Gasteiger partial charge in [0, 0.05) is 30.7 Å². The molecule has 4 aromatic rings. The number of benzene rings is 2. The van der Waals surface area contributed by atoms with Crippen LogP contribution in [-0.2, 0) is 11.2 Å². The summed E-state index contributed by atoms with van der Waals surface area (Å²) in [7, 11) is 3.02. The highest BCUT2D eigenvalue weighted by atomic mass is 32.1. The van der Waals surface area contributed by atoms with Crippen LogP contribution in [0.25, 0.3) is 31.8 Å². The zero-order chi connectivity index (χ0) is 23.3. The molecule has 2 aromatic heterocycles. The topological polar surface area (TPSA) is 95.5 Å². The van der Waals surface area contributed by atoms with Gasteiger partial charge < -0.3 is 19.5 Å². The Balaban J connectivity index is 1.60. The molecule has 0 radical (unpaired) electrons. The number of ether oxygens (including phenoxy) is 3. The first-order chi connectivity index (χ1) is 15.8. The lowest BCUT2D eigenvalue weighted by Crippen LogP contribution is -2.38. The van der Waals surface area contributed by atoms with Crippen molar-refractivity contribution in [2.45, 2.75) is 25.9 Å². The third-order valence-electron chi connectivity index (χ3n) is 5.50. The monoisotopic (exact) mass is 468 g/mol. The van der Waals surface area contributed by atoms with Gasteiger partial charge in [0.25, 0.3) is 0 Å². The first kappa shape index (κ1) is 21.3. The molecule has 0 bridgehead atoms. The third kappa shape index (κ3) is 3.70.